The first-order chi connectivity index (χ1) is 9.69. The minimum Gasteiger partial charge on any atom is -0.384 e. The Labute approximate surface area is 119 Å². The molecule has 0 bridgehead atoms. The lowest BCUT2D eigenvalue weighted by Crippen LogP contribution is -2.29. The molecule has 0 unspecified atom stereocenters. The van der Waals surface area contributed by atoms with Crippen molar-refractivity contribution in [2.45, 2.75) is 26.7 Å². The van der Waals surface area contributed by atoms with Crippen LogP contribution in [0.2, 0.25) is 0 Å². The van der Waals surface area contributed by atoms with Crippen LogP contribution < -0.4 is 10.6 Å². The van der Waals surface area contributed by atoms with E-state index in [1.54, 1.807) is 12.2 Å². The van der Waals surface area contributed by atoms with Crippen molar-refractivity contribution in [3.63, 3.8) is 0 Å². The van der Waals surface area contributed by atoms with Gasteiger partial charge in [0.05, 0.1) is 11.1 Å². The van der Waals surface area contributed by atoms with Crippen LogP contribution in [0.4, 0.5) is 0 Å². The fraction of sp³-hybridized carbons (Fsp3) is 0.375. The predicted octanol–water partition coefficient (Wildman–Crippen LogP) is 1.77. The number of nitrogens with one attached hydrogen (secondary N) is 2. The highest BCUT2D eigenvalue weighted by molar-refractivity contribution is 6.23. The van der Waals surface area contributed by atoms with Gasteiger partial charge in [0.15, 0.2) is 11.6 Å². The van der Waals surface area contributed by atoms with Crippen LogP contribution in [0.3, 0.4) is 0 Å². The Kier molecular flexibility index (Phi) is 4.56. The van der Waals surface area contributed by atoms with Crippen LogP contribution in [0.5, 0.6) is 0 Å². The molecule has 0 aromatic carbocycles. The summed E-state index contributed by atoms with van der Waals surface area (Å²) in [7, 11) is 0. The molecule has 0 heterocycles. The Morgan fingerprint density at radius 1 is 0.750 bits per heavy atom. The van der Waals surface area contributed by atoms with Gasteiger partial charge in [0, 0.05) is 24.5 Å². The third-order valence-electron chi connectivity index (χ3n) is 3.22. The molecule has 2 N–H and O–H groups in total. The number of fused-ring (bicyclic) bond motifs is 1. The van der Waals surface area contributed by atoms with Crippen LogP contribution in [0.15, 0.2) is 46.8 Å². The minimum atomic E-state index is -0.113. The van der Waals surface area contributed by atoms with E-state index in [1.807, 2.05) is 0 Å². The van der Waals surface area contributed by atoms with E-state index >= 15 is 0 Å². The highest BCUT2D eigenvalue weighted by Crippen LogP contribution is 2.28. The lowest BCUT2D eigenvalue weighted by atomic mass is 9.86. The topological polar surface area (TPSA) is 58.2 Å². The van der Waals surface area contributed by atoms with Gasteiger partial charge in [-0.05, 0) is 37.1 Å². The summed E-state index contributed by atoms with van der Waals surface area (Å²) < 4.78 is 0. The van der Waals surface area contributed by atoms with E-state index in [-0.39, 0.29) is 11.6 Å². The summed E-state index contributed by atoms with van der Waals surface area (Å²) in [5.74, 6) is -0.225. The minimum absolute atomic E-state index is 0.113. The second-order valence-corrected chi connectivity index (χ2v) is 4.83. The van der Waals surface area contributed by atoms with Crippen LogP contribution in [0.25, 0.3) is 0 Å². The fourth-order valence-corrected chi connectivity index (χ4v) is 2.25. The molecule has 0 aromatic heterocycles. The average Bonchev–Trinajstić information content (AvgIpc) is 2.46. The van der Waals surface area contributed by atoms with Gasteiger partial charge in [0.2, 0.25) is 0 Å². The van der Waals surface area contributed by atoms with E-state index in [1.165, 1.54) is 12.2 Å². The number of hydrogen-bond acceptors (Lipinski definition) is 4. The SMILES string of the molecule is CCCNC1=C2C(=O)C=CC(NCCC)=C2C(=O)C=C1. The molecule has 0 radical (unpaired) electrons. The summed E-state index contributed by atoms with van der Waals surface area (Å²) in [6.07, 6.45) is 8.37. The van der Waals surface area contributed by atoms with Crippen molar-refractivity contribution in [1.29, 1.82) is 0 Å². The zero-order valence-electron chi connectivity index (χ0n) is 12.0. The normalized spacial score (nSPS) is 17.7. The fourth-order valence-electron chi connectivity index (χ4n) is 2.25. The molecule has 0 fully saturated rings. The molecule has 0 saturated heterocycles. The number of rotatable bonds is 6. The van der Waals surface area contributed by atoms with E-state index in [2.05, 4.69) is 24.5 Å². The van der Waals surface area contributed by atoms with Crippen LogP contribution in [-0.2, 0) is 9.59 Å². The lowest BCUT2D eigenvalue weighted by Gasteiger charge is -2.23. The van der Waals surface area contributed by atoms with Crippen LogP contribution in [-0.4, -0.2) is 24.7 Å². The van der Waals surface area contributed by atoms with Crippen molar-refractivity contribution in [3.8, 4) is 0 Å². The van der Waals surface area contributed by atoms with Crippen molar-refractivity contribution in [2.24, 2.45) is 0 Å². The third-order valence-corrected chi connectivity index (χ3v) is 3.22. The van der Waals surface area contributed by atoms with Crippen molar-refractivity contribution < 1.29 is 9.59 Å². The molecule has 106 valence electrons. The van der Waals surface area contributed by atoms with E-state index in [4.69, 9.17) is 0 Å². The molecule has 0 saturated carbocycles. The maximum Gasteiger partial charge on any atom is 0.188 e. The van der Waals surface area contributed by atoms with E-state index < -0.39 is 0 Å². The van der Waals surface area contributed by atoms with Crippen LogP contribution in [0.1, 0.15) is 26.7 Å². The zero-order valence-corrected chi connectivity index (χ0v) is 12.0. The predicted molar refractivity (Wildman–Crippen MR) is 78.9 cm³/mol. The summed E-state index contributed by atoms with van der Waals surface area (Å²) in [5.41, 5.74) is 2.47. The Hall–Kier alpha value is -2.10. The van der Waals surface area contributed by atoms with Gasteiger partial charge in [0.25, 0.3) is 0 Å². The number of ketones is 2. The number of hydrogen-bond donors (Lipinski definition) is 2. The lowest BCUT2D eigenvalue weighted by molar-refractivity contribution is -0.114. The second-order valence-electron chi connectivity index (χ2n) is 4.83. The molecular formula is C16H20N2O2. The maximum atomic E-state index is 12.1. The molecule has 20 heavy (non-hydrogen) atoms. The first-order valence-corrected chi connectivity index (χ1v) is 7.10. The monoisotopic (exact) mass is 272 g/mol. The van der Waals surface area contributed by atoms with Crippen molar-refractivity contribution >= 4 is 11.6 Å². The first-order valence-electron chi connectivity index (χ1n) is 7.10. The van der Waals surface area contributed by atoms with Gasteiger partial charge in [-0.2, -0.15) is 0 Å². The average molecular weight is 272 g/mol. The van der Waals surface area contributed by atoms with Crippen molar-refractivity contribution in [3.05, 3.63) is 46.8 Å². The summed E-state index contributed by atoms with van der Waals surface area (Å²) in [6, 6.07) is 0. The van der Waals surface area contributed by atoms with Gasteiger partial charge < -0.3 is 10.6 Å². The molecule has 0 atom stereocenters. The van der Waals surface area contributed by atoms with E-state index in [0.29, 0.717) is 11.1 Å². The molecule has 2 rings (SSSR count). The Morgan fingerprint density at radius 3 is 1.50 bits per heavy atom. The maximum absolute atomic E-state index is 12.1. The summed E-state index contributed by atoms with van der Waals surface area (Å²) >= 11 is 0. The standard InChI is InChI=1S/C16H20N2O2/c1-3-9-17-11-5-7-14(20)16-12(18-10-4-2)6-8-13(19)15(11)16/h5-8,17-18H,3-4,9-10H2,1-2H3. The summed E-state index contributed by atoms with van der Waals surface area (Å²) in [6.45, 7) is 5.67. The molecule has 0 amide bonds. The molecule has 2 aliphatic rings. The molecule has 4 nitrogen and oxygen atoms in total. The number of carbonyl (C=O) groups is 2. The molecule has 2 aliphatic carbocycles. The Balaban J connectivity index is 2.44. The van der Waals surface area contributed by atoms with Crippen molar-refractivity contribution in [2.75, 3.05) is 13.1 Å². The van der Waals surface area contributed by atoms with Gasteiger partial charge in [-0.15, -0.1) is 0 Å². The third kappa shape index (κ3) is 2.74. The van der Waals surface area contributed by atoms with E-state index in [0.717, 1.165) is 37.3 Å². The second kappa shape index (κ2) is 6.37. The van der Waals surface area contributed by atoms with Gasteiger partial charge in [0.1, 0.15) is 0 Å². The highest BCUT2D eigenvalue weighted by atomic mass is 16.1. The van der Waals surface area contributed by atoms with E-state index in [9.17, 15) is 9.59 Å². The summed E-state index contributed by atoms with van der Waals surface area (Å²) in [4.78, 5) is 24.3. The quantitative estimate of drug-likeness (QED) is 0.773. The van der Waals surface area contributed by atoms with Crippen molar-refractivity contribution in [1.82, 2.24) is 10.6 Å². The molecule has 0 spiro atoms. The molecule has 4 heteroatoms. The van der Waals surface area contributed by atoms with Gasteiger partial charge in [-0.3, -0.25) is 9.59 Å². The molecule has 0 aromatic rings. The highest BCUT2D eigenvalue weighted by Gasteiger charge is 2.29. The summed E-state index contributed by atoms with van der Waals surface area (Å²) in [5, 5.41) is 6.44. The molecular weight excluding hydrogens is 252 g/mol. The number of allylic oxidation sites excluding steroid dienone is 6. The van der Waals surface area contributed by atoms with Gasteiger partial charge in [-0.25, -0.2) is 0 Å². The van der Waals surface area contributed by atoms with Gasteiger partial charge in [-0.1, -0.05) is 13.8 Å². The van der Waals surface area contributed by atoms with Crippen LogP contribution in [0, 0.1) is 0 Å². The Morgan fingerprint density at radius 2 is 1.15 bits per heavy atom. The molecule has 0 aliphatic heterocycles. The first kappa shape index (κ1) is 14.3. The Bertz CT molecular complexity index is 501. The zero-order chi connectivity index (χ0) is 14.5. The van der Waals surface area contributed by atoms with Gasteiger partial charge >= 0.3 is 0 Å². The smallest absolute Gasteiger partial charge is 0.188 e. The van der Waals surface area contributed by atoms with Crippen LogP contribution >= 0.6 is 0 Å². The largest absolute Gasteiger partial charge is 0.384 e. The number of carbonyl (C=O) groups excluding carboxylic acids is 2.